The first-order valence-corrected chi connectivity index (χ1v) is 6.52. The second-order valence-electron chi connectivity index (χ2n) is 4.35. The zero-order valence-corrected chi connectivity index (χ0v) is 11.0. The van der Waals surface area contributed by atoms with Gasteiger partial charge in [-0.25, -0.2) is 9.37 Å². The topological polar surface area (TPSA) is 59.1 Å². The van der Waals surface area contributed by atoms with E-state index in [1.807, 2.05) is 0 Å². The molecule has 0 aliphatic carbocycles. The second-order valence-corrected chi connectivity index (χ2v) is 5.42. The molecule has 3 aromatic rings. The molecule has 96 valence electrons. The summed E-state index contributed by atoms with van der Waals surface area (Å²) >= 11 is 1.26. The summed E-state index contributed by atoms with van der Waals surface area (Å²) in [5, 5.41) is 9.97. The summed E-state index contributed by atoms with van der Waals surface area (Å²) in [5.74, 6) is -0.105. The molecule has 0 amide bonds. The van der Waals surface area contributed by atoms with Crippen LogP contribution < -0.4 is 5.73 Å². The first kappa shape index (κ1) is 11.9. The zero-order valence-electron chi connectivity index (χ0n) is 10.1. The summed E-state index contributed by atoms with van der Waals surface area (Å²) in [4.78, 5) is 4.25. The van der Waals surface area contributed by atoms with E-state index in [-0.39, 0.29) is 11.6 Å². The van der Waals surface area contributed by atoms with Gasteiger partial charge < -0.3 is 10.8 Å². The fraction of sp³-hybridized carbons (Fsp3) is 0.0714. The first-order chi connectivity index (χ1) is 9.04. The summed E-state index contributed by atoms with van der Waals surface area (Å²) < 4.78 is 14.4. The molecule has 0 saturated heterocycles. The lowest BCUT2D eigenvalue weighted by molar-refractivity contribution is 0.471. The minimum Gasteiger partial charge on any atom is -0.508 e. The quantitative estimate of drug-likeness (QED) is 0.711. The highest BCUT2D eigenvalue weighted by Gasteiger charge is 2.12. The normalized spacial score (nSPS) is 11.1. The van der Waals surface area contributed by atoms with Gasteiger partial charge in [-0.1, -0.05) is 17.4 Å². The molecular weight excluding hydrogens is 263 g/mol. The molecule has 1 aromatic heterocycles. The van der Waals surface area contributed by atoms with Crippen molar-refractivity contribution in [2.45, 2.75) is 6.92 Å². The number of benzene rings is 2. The molecule has 2 aromatic carbocycles. The molecule has 0 fully saturated rings. The standard InChI is InChI=1S/C14H11FN2OS/c1-7-4-8(2-3-11(7)18)10-5-9(15)6-12-13(10)17-14(16)19-12/h2-6,18H,1H3,(H2,16,17). The van der Waals surface area contributed by atoms with Gasteiger partial charge in [0.1, 0.15) is 11.6 Å². The summed E-state index contributed by atoms with van der Waals surface area (Å²) in [6.45, 7) is 1.80. The lowest BCUT2D eigenvalue weighted by Gasteiger charge is -2.06. The van der Waals surface area contributed by atoms with Gasteiger partial charge in [0.2, 0.25) is 0 Å². The van der Waals surface area contributed by atoms with Crippen LogP contribution in [0.15, 0.2) is 30.3 Å². The Hall–Kier alpha value is -2.14. The van der Waals surface area contributed by atoms with Crippen molar-refractivity contribution in [2.24, 2.45) is 0 Å². The number of aromatic nitrogens is 1. The van der Waals surface area contributed by atoms with Gasteiger partial charge in [-0.15, -0.1) is 0 Å². The average Bonchev–Trinajstić information content (AvgIpc) is 2.72. The van der Waals surface area contributed by atoms with Gasteiger partial charge in [0.05, 0.1) is 10.2 Å². The largest absolute Gasteiger partial charge is 0.508 e. The number of aryl methyl sites for hydroxylation is 1. The van der Waals surface area contributed by atoms with Crippen LogP contribution in [0.2, 0.25) is 0 Å². The molecule has 0 aliphatic rings. The van der Waals surface area contributed by atoms with Crippen LogP contribution >= 0.6 is 11.3 Å². The van der Waals surface area contributed by atoms with Crippen LogP contribution in [0, 0.1) is 12.7 Å². The predicted octanol–water partition coefficient (Wildman–Crippen LogP) is 3.70. The molecule has 5 heteroatoms. The highest BCUT2D eigenvalue weighted by atomic mass is 32.1. The van der Waals surface area contributed by atoms with E-state index in [2.05, 4.69) is 4.98 Å². The summed E-state index contributed by atoms with van der Waals surface area (Å²) in [6, 6.07) is 8.01. The summed E-state index contributed by atoms with van der Waals surface area (Å²) in [7, 11) is 0. The van der Waals surface area contributed by atoms with Crippen molar-refractivity contribution in [3.05, 3.63) is 41.7 Å². The number of thiazole rings is 1. The van der Waals surface area contributed by atoms with E-state index < -0.39 is 0 Å². The van der Waals surface area contributed by atoms with E-state index >= 15 is 0 Å². The SMILES string of the molecule is Cc1cc(-c2cc(F)cc3sc(N)nc23)ccc1O. The van der Waals surface area contributed by atoms with Gasteiger partial charge in [0, 0.05) is 5.56 Å². The smallest absolute Gasteiger partial charge is 0.181 e. The second kappa shape index (κ2) is 4.20. The van der Waals surface area contributed by atoms with Crippen molar-refractivity contribution in [3.63, 3.8) is 0 Å². The van der Waals surface area contributed by atoms with Crippen LogP contribution in [0.25, 0.3) is 21.3 Å². The minimum atomic E-state index is -0.322. The predicted molar refractivity (Wildman–Crippen MR) is 75.8 cm³/mol. The Morgan fingerprint density at radius 3 is 2.79 bits per heavy atom. The Labute approximate surface area is 113 Å². The third-order valence-electron chi connectivity index (χ3n) is 2.98. The molecule has 3 N–H and O–H groups in total. The average molecular weight is 274 g/mol. The Morgan fingerprint density at radius 2 is 2.05 bits per heavy atom. The Morgan fingerprint density at radius 1 is 1.26 bits per heavy atom. The highest BCUT2D eigenvalue weighted by Crippen LogP contribution is 2.35. The van der Waals surface area contributed by atoms with Crippen molar-refractivity contribution < 1.29 is 9.50 Å². The Bertz CT molecular complexity index is 782. The van der Waals surface area contributed by atoms with Crippen LogP contribution in [-0.2, 0) is 0 Å². The first-order valence-electron chi connectivity index (χ1n) is 5.70. The van der Waals surface area contributed by atoms with E-state index in [0.717, 1.165) is 15.8 Å². The number of phenols is 1. The number of aromatic hydroxyl groups is 1. The van der Waals surface area contributed by atoms with Gasteiger partial charge in [-0.3, -0.25) is 0 Å². The zero-order chi connectivity index (χ0) is 13.6. The highest BCUT2D eigenvalue weighted by molar-refractivity contribution is 7.22. The van der Waals surface area contributed by atoms with Crippen LogP contribution in [0.1, 0.15) is 5.56 Å². The number of anilines is 1. The molecule has 0 bridgehead atoms. The number of halogens is 1. The molecule has 0 spiro atoms. The maximum Gasteiger partial charge on any atom is 0.181 e. The van der Waals surface area contributed by atoms with Crippen LogP contribution in [0.4, 0.5) is 9.52 Å². The lowest BCUT2D eigenvalue weighted by Crippen LogP contribution is -1.86. The van der Waals surface area contributed by atoms with E-state index in [0.29, 0.717) is 16.2 Å². The molecule has 0 unspecified atom stereocenters. The van der Waals surface area contributed by atoms with Gasteiger partial charge in [-0.05, 0) is 42.3 Å². The Balaban J connectivity index is 2.31. The van der Waals surface area contributed by atoms with Crippen molar-refractivity contribution >= 4 is 26.7 Å². The number of fused-ring (bicyclic) bond motifs is 1. The molecule has 3 rings (SSSR count). The number of phenolic OH excluding ortho intramolecular Hbond substituents is 1. The van der Waals surface area contributed by atoms with Gasteiger partial charge in [-0.2, -0.15) is 0 Å². The summed E-state index contributed by atoms with van der Waals surface area (Å²) in [5.41, 5.74) is 8.61. The molecule has 3 nitrogen and oxygen atoms in total. The van der Waals surface area contributed by atoms with Crippen LogP contribution in [0.3, 0.4) is 0 Å². The number of hydrogen-bond acceptors (Lipinski definition) is 4. The maximum atomic E-state index is 13.7. The molecule has 0 saturated carbocycles. The van der Waals surface area contributed by atoms with E-state index in [4.69, 9.17) is 5.73 Å². The van der Waals surface area contributed by atoms with Gasteiger partial charge in [0.15, 0.2) is 5.13 Å². The van der Waals surface area contributed by atoms with Gasteiger partial charge >= 0.3 is 0 Å². The number of rotatable bonds is 1. The van der Waals surface area contributed by atoms with E-state index in [9.17, 15) is 9.50 Å². The number of nitrogen functional groups attached to an aromatic ring is 1. The third kappa shape index (κ3) is 2.02. The third-order valence-corrected chi connectivity index (χ3v) is 3.82. The summed E-state index contributed by atoms with van der Waals surface area (Å²) in [6.07, 6.45) is 0. The lowest BCUT2D eigenvalue weighted by atomic mass is 10.0. The monoisotopic (exact) mass is 274 g/mol. The van der Waals surface area contributed by atoms with Crippen molar-refractivity contribution in [1.82, 2.24) is 4.98 Å². The van der Waals surface area contributed by atoms with Crippen molar-refractivity contribution in [2.75, 3.05) is 5.73 Å². The Kier molecular flexibility index (Phi) is 2.64. The molecule has 0 radical (unpaired) electrons. The van der Waals surface area contributed by atoms with Gasteiger partial charge in [0.25, 0.3) is 0 Å². The van der Waals surface area contributed by atoms with Crippen LogP contribution in [0.5, 0.6) is 5.75 Å². The molecular formula is C14H11FN2OS. The molecule has 0 aliphatic heterocycles. The van der Waals surface area contributed by atoms with Crippen LogP contribution in [-0.4, -0.2) is 10.1 Å². The molecule has 19 heavy (non-hydrogen) atoms. The fourth-order valence-electron chi connectivity index (χ4n) is 2.06. The number of hydrogen-bond donors (Lipinski definition) is 2. The minimum absolute atomic E-state index is 0.217. The molecule has 0 atom stereocenters. The van der Waals surface area contributed by atoms with E-state index in [1.54, 1.807) is 25.1 Å². The molecule has 1 heterocycles. The van der Waals surface area contributed by atoms with E-state index in [1.165, 1.54) is 23.5 Å². The maximum absolute atomic E-state index is 13.7. The van der Waals surface area contributed by atoms with Crippen molar-refractivity contribution in [1.29, 1.82) is 0 Å². The number of nitrogens with two attached hydrogens (primary N) is 1. The fourth-order valence-corrected chi connectivity index (χ4v) is 2.84. The number of nitrogens with zero attached hydrogens (tertiary/aromatic N) is 1. The van der Waals surface area contributed by atoms with Crippen molar-refractivity contribution in [3.8, 4) is 16.9 Å².